The number of fused-ring (bicyclic) bond motifs is 1. The number of nitrogens with zero attached hydrogens (tertiary/aromatic N) is 2. The minimum Gasteiger partial charge on any atom is -0.387 e. The topological polar surface area (TPSA) is 45.2 Å². The number of hydrogen-bond acceptors (Lipinski definition) is 3. The molecule has 20 heavy (non-hydrogen) atoms. The number of pyridine rings is 1. The Bertz CT molecular complexity index is 486. The fourth-order valence-corrected chi connectivity index (χ4v) is 3.81. The number of anilines is 1. The van der Waals surface area contributed by atoms with Crippen molar-refractivity contribution in [1.82, 2.24) is 9.88 Å². The zero-order valence-corrected chi connectivity index (χ0v) is 12.1. The first kappa shape index (κ1) is 13.4. The van der Waals surface area contributed by atoms with Crippen LogP contribution in [0, 0.1) is 5.92 Å². The van der Waals surface area contributed by atoms with E-state index in [4.69, 9.17) is 0 Å². The number of aromatic nitrogens is 1. The molecule has 1 aromatic heterocycles. The van der Waals surface area contributed by atoms with Crippen LogP contribution in [-0.2, 0) is 0 Å². The highest BCUT2D eigenvalue weighted by Gasteiger charge is 2.36. The first-order valence-corrected chi connectivity index (χ1v) is 7.74. The molecule has 0 spiro atoms. The van der Waals surface area contributed by atoms with Crippen LogP contribution in [0.1, 0.15) is 48.9 Å². The third-order valence-corrected chi connectivity index (χ3v) is 4.82. The second-order valence-electron chi connectivity index (χ2n) is 5.92. The van der Waals surface area contributed by atoms with Gasteiger partial charge in [-0.15, -0.1) is 0 Å². The molecular weight excluding hydrogens is 250 g/mol. The van der Waals surface area contributed by atoms with Crippen molar-refractivity contribution in [3.63, 3.8) is 0 Å². The maximum Gasteiger partial charge on any atom is 0.257 e. The van der Waals surface area contributed by atoms with Gasteiger partial charge in [-0.05, 0) is 37.7 Å². The van der Waals surface area contributed by atoms with Crippen molar-refractivity contribution in [2.24, 2.45) is 5.92 Å². The van der Waals surface area contributed by atoms with Crippen molar-refractivity contribution < 1.29 is 4.79 Å². The average molecular weight is 273 g/mol. The molecule has 1 saturated heterocycles. The SMILES string of the molecule is CNc1ccncc1C(=O)N1CCC[C@H]2CCCC[C@H]21. The van der Waals surface area contributed by atoms with E-state index < -0.39 is 0 Å². The molecule has 3 rings (SSSR count). The predicted molar refractivity (Wildman–Crippen MR) is 79.8 cm³/mol. The van der Waals surface area contributed by atoms with E-state index in [0.717, 1.165) is 24.6 Å². The number of carbonyl (C=O) groups excluding carboxylic acids is 1. The Morgan fingerprint density at radius 1 is 1.30 bits per heavy atom. The Morgan fingerprint density at radius 2 is 2.10 bits per heavy atom. The molecular formula is C16H23N3O. The number of carbonyl (C=O) groups is 1. The van der Waals surface area contributed by atoms with E-state index in [2.05, 4.69) is 15.2 Å². The van der Waals surface area contributed by atoms with Crippen molar-refractivity contribution in [2.45, 2.75) is 44.6 Å². The number of piperidine rings is 1. The highest BCUT2D eigenvalue weighted by atomic mass is 16.2. The molecule has 1 aliphatic heterocycles. The normalized spacial score (nSPS) is 25.9. The van der Waals surface area contributed by atoms with Crippen LogP contribution in [0.2, 0.25) is 0 Å². The van der Waals surface area contributed by atoms with Gasteiger partial charge in [0.2, 0.25) is 0 Å². The second-order valence-corrected chi connectivity index (χ2v) is 5.92. The van der Waals surface area contributed by atoms with Gasteiger partial charge in [0.25, 0.3) is 5.91 Å². The Labute approximate surface area is 120 Å². The molecule has 2 atom stereocenters. The van der Waals surface area contributed by atoms with E-state index in [1.165, 1.54) is 32.1 Å². The standard InChI is InChI=1S/C16H23N3O/c1-17-14-8-9-18-11-13(14)16(20)19-10-4-6-12-5-2-3-7-15(12)19/h8-9,11-12,15H,2-7,10H2,1H3,(H,17,18)/t12-,15-/m1/s1. The number of amides is 1. The van der Waals surface area contributed by atoms with Crippen LogP contribution in [0.3, 0.4) is 0 Å². The van der Waals surface area contributed by atoms with Gasteiger partial charge in [-0.2, -0.15) is 0 Å². The van der Waals surface area contributed by atoms with Crippen molar-refractivity contribution in [3.8, 4) is 0 Å². The van der Waals surface area contributed by atoms with Gasteiger partial charge in [0.15, 0.2) is 0 Å². The molecule has 1 saturated carbocycles. The van der Waals surface area contributed by atoms with Crippen molar-refractivity contribution in [2.75, 3.05) is 18.9 Å². The molecule has 108 valence electrons. The van der Waals surface area contributed by atoms with Crippen LogP contribution in [0.4, 0.5) is 5.69 Å². The second kappa shape index (κ2) is 5.81. The molecule has 2 aliphatic rings. The lowest BCUT2D eigenvalue weighted by Gasteiger charge is -2.44. The Balaban J connectivity index is 1.85. The molecule has 0 unspecified atom stereocenters. The van der Waals surface area contributed by atoms with Gasteiger partial charge in [0.05, 0.1) is 5.56 Å². The van der Waals surface area contributed by atoms with Gasteiger partial charge in [-0.3, -0.25) is 9.78 Å². The van der Waals surface area contributed by atoms with E-state index >= 15 is 0 Å². The van der Waals surface area contributed by atoms with Crippen LogP contribution in [0.25, 0.3) is 0 Å². The smallest absolute Gasteiger partial charge is 0.257 e. The molecule has 4 heteroatoms. The van der Waals surface area contributed by atoms with Crippen LogP contribution >= 0.6 is 0 Å². The molecule has 1 aliphatic carbocycles. The van der Waals surface area contributed by atoms with Gasteiger partial charge in [0, 0.05) is 37.7 Å². The molecule has 0 bridgehead atoms. The lowest BCUT2D eigenvalue weighted by Crippen LogP contribution is -2.49. The van der Waals surface area contributed by atoms with Crippen LogP contribution in [-0.4, -0.2) is 35.4 Å². The van der Waals surface area contributed by atoms with Crippen LogP contribution in [0.15, 0.2) is 18.5 Å². The van der Waals surface area contributed by atoms with Gasteiger partial charge < -0.3 is 10.2 Å². The van der Waals surface area contributed by atoms with E-state index in [0.29, 0.717) is 11.6 Å². The Morgan fingerprint density at radius 3 is 2.95 bits per heavy atom. The summed E-state index contributed by atoms with van der Waals surface area (Å²) in [6.45, 7) is 0.901. The lowest BCUT2D eigenvalue weighted by atomic mass is 9.78. The summed E-state index contributed by atoms with van der Waals surface area (Å²) < 4.78 is 0. The Hall–Kier alpha value is -1.58. The third kappa shape index (κ3) is 2.39. The molecule has 0 radical (unpaired) electrons. The Kier molecular flexibility index (Phi) is 3.90. The van der Waals surface area contributed by atoms with Gasteiger partial charge >= 0.3 is 0 Å². The lowest BCUT2D eigenvalue weighted by molar-refractivity contribution is 0.0391. The summed E-state index contributed by atoms with van der Waals surface area (Å²) in [5, 5.41) is 3.10. The summed E-state index contributed by atoms with van der Waals surface area (Å²) in [5.41, 5.74) is 1.59. The monoisotopic (exact) mass is 273 g/mol. The summed E-state index contributed by atoms with van der Waals surface area (Å²) in [7, 11) is 1.85. The van der Waals surface area contributed by atoms with E-state index in [1.807, 2.05) is 13.1 Å². The molecule has 1 N–H and O–H groups in total. The fraction of sp³-hybridized carbons (Fsp3) is 0.625. The zero-order valence-electron chi connectivity index (χ0n) is 12.1. The highest BCUT2D eigenvalue weighted by molar-refractivity contribution is 5.99. The molecule has 2 heterocycles. The first-order chi connectivity index (χ1) is 9.81. The molecule has 2 fully saturated rings. The van der Waals surface area contributed by atoms with Crippen molar-refractivity contribution >= 4 is 11.6 Å². The van der Waals surface area contributed by atoms with Crippen molar-refractivity contribution in [1.29, 1.82) is 0 Å². The van der Waals surface area contributed by atoms with Crippen molar-refractivity contribution in [3.05, 3.63) is 24.0 Å². The molecule has 0 aromatic carbocycles. The largest absolute Gasteiger partial charge is 0.387 e. The number of nitrogens with one attached hydrogen (secondary N) is 1. The summed E-state index contributed by atoms with van der Waals surface area (Å²) in [5.74, 6) is 0.871. The maximum atomic E-state index is 12.9. The minimum absolute atomic E-state index is 0.152. The van der Waals surface area contributed by atoms with Crippen LogP contribution < -0.4 is 5.32 Å². The summed E-state index contributed by atoms with van der Waals surface area (Å²) in [6.07, 6.45) is 10.9. The predicted octanol–water partition coefficient (Wildman–Crippen LogP) is 2.92. The van der Waals surface area contributed by atoms with E-state index in [9.17, 15) is 4.79 Å². The van der Waals surface area contributed by atoms with Gasteiger partial charge in [0.1, 0.15) is 0 Å². The third-order valence-electron chi connectivity index (χ3n) is 4.82. The minimum atomic E-state index is 0.152. The highest BCUT2D eigenvalue weighted by Crippen LogP contribution is 2.36. The first-order valence-electron chi connectivity index (χ1n) is 7.74. The summed E-state index contributed by atoms with van der Waals surface area (Å²) in [4.78, 5) is 19.1. The number of rotatable bonds is 2. The van der Waals surface area contributed by atoms with Gasteiger partial charge in [-0.25, -0.2) is 0 Å². The van der Waals surface area contributed by atoms with E-state index in [1.54, 1.807) is 12.4 Å². The van der Waals surface area contributed by atoms with E-state index in [-0.39, 0.29) is 5.91 Å². The number of likely N-dealkylation sites (tertiary alicyclic amines) is 1. The summed E-state index contributed by atoms with van der Waals surface area (Å²) >= 11 is 0. The maximum absolute atomic E-state index is 12.9. The zero-order chi connectivity index (χ0) is 13.9. The molecule has 4 nitrogen and oxygen atoms in total. The quantitative estimate of drug-likeness (QED) is 0.901. The molecule has 1 aromatic rings. The van der Waals surface area contributed by atoms with Gasteiger partial charge in [-0.1, -0.05) is 12.8 Å². The molecule has 1 amide bonds. The summed E-state index contributed by atoms with van der Waals surface area (Å²) in [6, 6.07) is 2.32. The number of hydrogen-bond donors (Lipinski definition) is 1. The average Bonchev–Trinajstić information content (AvgIpc) is 2.53. The fourth-order valence-electron chi connectivity index (χ4n) is 3.81. The van der Waals surface area contributed by atoms with Crippen LogP contribution in [0.5, 0.6) is 0 Å².